The summed E-state index contributed by atoms with van der Waals surface area (Å²) < 4.78 is 1.98. The van der Waals surface area contributed by atoms with Gasteiger partial charge in [-0.3, -0.25) is 4.79 Å². The Morgan fingerprint density at radius 2 is 1.86 bits per heavy atom. The maximum absolute atomic E-state index is 12.5. The Kier molecular flexibility index (Phi) is 6.96. The van der Waals surface area contributed by atoms with E-state index in [0.29, 0.717) is 24.4 Å². The van der Waals surface area contributed by atoms with Crippen LogP contribution >= 0.6 is 23.5 Å². The van der Waals surface area contributed by atoms with Crippen LogP contribution in [-0.4, -0.2) is 27.0 Å². The first kappa shape index (κ1) is 19.8. The number of anilines is 1. The van der Waals surface area contributed by atoms with Crippen molar-refractivity contribution in [3.63, 3.8) is 0 Å². The molecule has 0 saturated carbocycles. The summed E-state index contributed by atoms with van der Waals surface area (Å²) in [5.41, 5.74) is 2.51. The average molecular weight is 408 g/mol. The maximum Gasteiger partial charge on any atom is 0.234 e. The third kappa shape index (κ3) is 4.86. The molecular formula is C20H17N5OS2. The zero-order valence-electron chi connectivity index (χ0n) is 15.0. The Hall–Kier alpha value is -2.94. The van der Waals surface area contributed by atoms with E-state index in [2.05, 4.69) is 22.4 Å². The van der Waals surface area contributed by atoms with E-state index in [0.717, 1.165) is 21.1 Å². The Bertz CT molecular complexity index is 1060. The van der Waals surface area contributed by atoms with Gasteiger partial charge in [-0.15, -0.1) is 11.8 Å². The summed E-state index contributed by atoms with van der Waals surface area (Å²) >= 11 is 2.73. The number of aromatic nitrogens is 2. The fraction of sp³-hybridized carbons (Fsp3) is 0.200. The van der Waals surface area contributed by atoms with Gasteiger partial charge in [-0.2, -0.15) is 10.5 Å². The number of hydrogen-bond donors (Lipinski definition) is 1. The van der Waals surface area contributed by atoms with Gasteiger partial charge in [-0.25, -0.2) is 4.98 Å². The van der Waals surface area contributed by atoms with Crippen molar-refractivity contribution < 1.29 is 4.79 Å². The van der Waals surface area contributed by atoms with Crippen LogP contribution in [0.2, 0.25) is 0 Å². The zero-order chi connectivity index (χ0) is 19.8. The summed E-state index contributed by atoms with van der Waals surface area (Å²) in [6, 6.07) is 19.4. The van der Waals surface area contributed by atoms with Crippen LogP contribution in [0.5, 0.6) is 0 Å². The molecule has 6 nitrogen and oxygen atoms in total. The van der Waals surface area contributed by atoms with Crippen LogP contribution in [-0.2, 0) is 11.3 Å². The molecule has 3 aromatic rings. The minimum absolute atomic E-state index is 0.145. The molecular weight excluding hydrogens is 390 g/mol. The number of nitrogens with one attached hydrogen (secondary N) is 1. The SMILES string of the molecule is N#CCCn1c(SCC(=O)Nc2ccccc2SCC#N)nc2ccccc21. The number of rotatable bonds is 8. The van der Waals surface area contributed by atoms with Gasteiger partial charge in [-0.1, -0.05) is 36.0 Å². The lowest BCUT2D eigenvalue weighted by Gasteiger charge is -2.10. The highest BCUT2D eigenvalue weighted by atomic mass is 32.2. The third-order valence-corrected chi connectivity index (χ3v) is 5.77. The van der Waals surface area contributed by atoms with E-state index in [1.165, 1.54) is 23.5 Å². The first-order valence-corrected chi connectivity index (χ1v) is 10.5. The number of nitrogens with zero attached hydrogens (tertiary/aromatic N) is 4. The van der Waals surface area contributed by atoms with Crippen LogP contribution in [0.25, 0.3) is 11.0 Å². The average Bonchev–Trinajstić information content (AvgIpc) is 3.07. The number of aryl methyl sites for hydroxylation is 1. The van der Waals surface area contributed by atoms with E-state index in [-0.39, 0.29) is 11.7 Å². The Morgan fingerprint density at radius 1 is 1.07 bits per heavy atom. The molecule has 1 heterocycles. The van der Waals surface area contributed by atoms with E-state index in [1.807, 2.05) is 53.1 Å². The van der Waals surface area contributed by atoms with Crippen molar-refractivity contribution in [1.29, 1.82) is 10.5 Å². The minimum Gasteiger partial charge on any atom is -0.324 e. The number of imidazole rings is 1. The van der Waals surface area contributed by atoms with Gasteiger partial charge in [0.15, 0.2) is 5.16 Å². The van der Waals surface area contributed by atoms with Crippen molar-refractivity contribution in [2.75, 3.05) is 16.8 Å². The van der Waals surface area contributed by atoms with Crippen LogP contribution in [0.4, 0.5) is 5.69 Å². The number of carbonyl (C=O) groups excluding carboxylic acids is 1. The summed E-state index contributed by atoms with van der Waals surface area (Å²) in [6.45, 7) is 0.536. The molecule has 0 aliphatic rings. The standard InChI is InChI=1S/C20H17N5OS2/c21-10-5-12-25-17-8-3-1-6-15(17)24-20(25)28-14-19(26)23-16-7-2-4-9-18(16)27-13-11-22/h1-4,6-9H,5,12-14H2,(H,23,26). The Labute approximate surface area is 171 Å². The normalized spacial score (nSPS) is 10.4. The summed E-state index contributed by atoms with van der Waals surface area (Å²) in [5.74, 6) is 0.381. The van der Waals surface area contributed by atoms with Crippen LogP contribution in [0, 0.1) is 22.7 Å². The van der Waals surface area contributed by atoms with Crippen molar-refractivity contribution >= 4 is 46.2 Å². The predicted molar refractivity (Wildman–Crippen MR) is 112 cm³/mol. The molecule has 140 valence electrons. The number of benzene rings is 2. The van der Waals surface area contributed by atoms with Gasteiger partial charge in [-0.05, 0) is 24.3 Å². The van der Waals surface area contributed by atoms with Crippen molar-refractivity contribution in [2.45, 2.75) is 23.0 Å². The quantitative estimate of drug-likeness (QED) is 0.560. The molecule has 0 radical (unpaired) electrons. The number of hydrogen-bond acceptors (Lipinski definition) is 6. The molecule has 1 N–H and O–H groups in total. The van der Waals surface area contributed by atoms with Crippen molar-refractivity contribution in [1.82, 2.24) is 9.55 Å². The van der Waals surface area contributed by atoms with Crippen LogP contribution in [0.1, 0.15) is 6.42 Å². The molecule has 0 aliphatic heterocycles. The number of amides is 1. The first-order chi connectivity index (χ1) is 13.7. The largest absolute Gasteiger partial charge is 0.324 e. The summed E-state index contributed by atoms with van der Waals surface area (Å²) in [6.07, 6.45) is 0.379. The highest BCUT2D eigenvalue weighted by Crippen LogP contribution is 2.28. The second-order valence-corrected chi connectivity index (χ2v) is 7.68. The molecule has 0 bridgehead atoms. The Morgan fingerprint density at radius 3 is 2.68 bits per heavy atom. The number of carbonyl (C=O) groups is 1. The van der Waals surface area contributed by atoms with Crippen LogP contribution in [0.3, 0.4) is 0 Å². The van der Waals surface area contributed by atoms with Crippen LogP contribution < -0.4 is 5.32 Å². The van der Waals surface area contributed by atoms with E-state index in [4.69, 9.17) is 10.5 Å². The highest BCUT2D eigenvalue weighted by molar-refractivity contribution is 8.00. The summed E-state index contributed by atoms with van der Waals surface area (Å²) in [5, 5.41) is 21.3. The Balaban J connectivity index is 1.70. The van der Waals surface area contributed by atoms with Gasteiger partial charge in [0.2, 0.25) is 5.91 Å². The minimum atomic E-state index is -0.145. The second kappa shape index (κ2) is 9.84. The number of para-hydroxylation sites is 3. The van der Waals surface area contributed by atoms with Gasteiger partial charge >= 0.3 is 0 Å². The van der Waals surface area contributed by atoms with Gasteiger partial charge in [0, 0.05) is 11.4 Å². The fourth-order valence-corrected chi connectivity index (χ4v) is 4.17. The highest BCUT2D eigenvalue weighted by Gasteiger charge is 2.13. The maximum atomic E-state index is 12.5. The fourth-order valence-electron chi connectivity index (χ4n) is 2.66. The first-order valence-electron chi connectivity index (χ1n) is 8.56. The summed E-state index contributed by atoms with van der Waals surface area (Å²) in [7, 11) is 0. The van der Waals surface area contributed by atoms with Crippen LogP contribution in [0.15, 0.2) is 58.6 Å². The van der Waals surface area contributed by atoms with Crippen molar-refractivity contribution in [3.05, 3.63) is 48.5 Å². The van der Waals surface area contributed by atoms with Crippen molar-refractivity contribution in [2.24, 2.45) is 0 Å². The number of nitriles is 2. The molecule has 1 amide bonds. The van der Waals surface area contributed by atoms with E-state index in [9.17, 15) is 4.79 Å². The van der Waals surface area contributed by atoms with Crippen molar-refractivity contribution in [3.8, 4) is 12.1 Å². The molecule has 8 heteroatoms. The third-order valence-electron chi connectivity index (χ3n) is 3.85. The smallest absolute Gasteiger partial charge is 0.234 e. The molecule has 3 rings (SSSR count). The molecule has 0 saturated heterocycles. The number of thioether (sulfide) groups is 2. The van der Waals surface area contributed by atoms with E-state index in [1.54, 1.807) is 0 Å². The lowest BCUT2D eigenvalue weighted by atomic mass is 10.3. The molecule has 0 unspecified atom stereocenters. The van der Waals surface area contributed by atoms with Gasteiger partial charge in [0.05, 0.1) is 46.8 Å². The molecule has 2 aromatic carbocycles. The lowest BCUT2D eigenvalue weighted by molar-refractivity contribution is -0.113. The molecule has 28 heavy (non-hydrogen) atoms. The number of fused-ring (bicyclic) bond motifs is 1. The molecule has 0 spiro atoms. The topological polar surface area (TPSA) is 94.5 Å². The van der Waals surface area contributed by atoms with Gasteiger partial charge in [0.1, 0.15) is 0 Å². The zero-order valence-corrected chi connectivity index (χ0v) is 16.6. The van der Waals surface area contributed by atoms with Gasteiger partial charge in [0.25, 0.3) is 0 Å². The molecule has 0 atom stereocenters. The predicted octanol–water partition coefficient (Wildman–Crippen LogP) is 4.30. The molecule has 0 aliphatic carbocycles. The lowest BCUT2D eigenvalue weighted by Crippen LogP contribution is -2.15. The molecule has 1 aromatic heterocycles. The van der Waals surface area contributed by atoms with E-state index < -0.39 is 0 Å². The van der Waals surface area contributed by atoms with E-state index >= 15 is 0 Å². The monoisotopic (exact) mass is 407 g/mol. The second-order valence-electron chi connectivity index (χ2n) is 5.72. The molecule has 0 fully saturated rings. The summed E-state index contributed by atoms with van der Waals surface area (Å²) in [4.78, 5) is 17.9. The van der Waals surface area contributed by atoms with Gasteiger partial charge < -0.3 is 9.88 Å².